The SMILES string of the molecule is O=C(O)c1ccc(Cl)c(NCCCn2ccnc2)c1. The van der Waals surface area contributed by atoms with Crippen molar-refractivity contribution in [2.24, 2.45) is 0 Å². The lowest BCUT2D eigenvalue weighted by Gasteiger charge is -2.09. The molecule has 0 spiro atoms. The Kier molecular flexibility index (Phi) is 4.41. The van der Waals surface area contributed by atoms with Crippen LogP contribution in [0.4, 0.5) is 5.69 Å². The molecule has 1 aromatic heterocycles. The number of carboxylic acids is 1. The van der Waals surface area contributed by atoms with Gasteiger partial charge in [-0.3, -0.25) is 0 Å². The molecule has 0 aliphatic carbocycles. The number of carboxylic acid groups (broad SMARTS) is 1. The summed E-state index contributed by atoms with van der Waals surface area (Å²) in [5, 5.41) is 12.6. The molecule has 0 atom stereocenters. The number of hydrogen-bond acceptors (Lipinski definition) is 3. The molecule has 1 heterocycles. The zero-order valence-electron chi connectivity index (χ0n) is 10.2. The highest BCUT2D eigenvalue weighted by atomic mass is 35.5. The van der Waals surface area contributed by atoms with Gasteiger partial charge in [0, 0.05) is 25.5 Å². The van der Waals surface area contributed by atoms with Gasteiger partial charge >= 0.3 is 5.97 Å². The first-order valence-electron chi connectivity index (χ1n) is 5.89. The van der Waals surface area contributed by atoms with Gasteiger partial charge in [-0.25, -0.2) is 9.78 Å². The molecule has 2 aromatic rings. The molecule has 6 heteroatoms. The Hall–Kier alpha value is -2.01. The van der Waals surface area contributed by atoms with Crippen molar-refractivity contribution in [2.45, 2.75) is 13.0 Å². The average molecular weight is 280 g/mol. The van der Waals surface area contributed by atoms with E-state index in [1.807, 2.05) is 10.8 Å². The summed E-state index contributed by atoms with van der Waals surface area (Å²) >= 11 is 6.01. The van der Waals surface area contributed by atoms with E-state index < -0.39 is 5.97 Å². The second-order valence-electron chi connectivity index (χ2n) is 4.08. The molecule has 0 amide bonds. The number of nitrogens with zero attached hydrogens (tertiary/aromatic N) is 2. The van der Waals surface area contributed by atoms with E-state index in [1.165, 1.54) is 6.07 Å². The Labute approximate surface area is 115 Å². The molecule has 0 aliphatic heterocycles. The highest BCUT2D eigenvalue weighted by Crippen LogP contribution is 2.23. The van der Waals surface area contributed by atoms with Crippen LogP contribution in [0.15, 0.2) is 36.9 Å². The van der Waals surface area contributed by atoms with Gasteiger partial charge in [-0.2, -0.15) is 0 Å². The molecule has 0 unspecified atom stereocenters. The van der Waals surface area contributed by atoms with E-state index in [0.29, 0.717) is 17.3 Å². The first kappa shape index (κ1) is 13.4. The van der Waals surface area contributed by atoms with E-state index in [2.05, 4.69) is 10.3 Å². The Bertz CT molecular complexity index is 555. The van der Waals surface area contributed by atoms with Gasteiger partial charge in [0.1, 0.15) is 0 Å². The lowest BCUT2D eigenvalue weighted by atomic mass is 10.2. The Balaban J connectivity index is 1.88. The fourth-order valence-electron chi connectivity index (χ4n) is 1.70. The van der Waals surface area contributed by atoms with Gasteiger partial charge < -0.3 is 15.0 Å². The monoisotopic (exact) mass is 279 g/mol. The third-order valence-corrected chi connectivity index (χ3v) is 3.01. The third-order valence-electron chi connectivity index (χ3n) is 2.68. The van der Waals surface area contributed by atoms with Crippen molar-refractivity contribution in [3.8, 4) is 0 Å². The van der Waals surface area contributed by atoms with E-state index in [-0.39, 0.29) is 5.56 Å². The summed E-state index contributed by atoms with van der Waals surface area (Å²) in [5.74, 6) is -0.960. The maximum Gasteiger partial charge on any atom is 0.335 e. The molecular formula is C13H14ClN3O2. The number of aromatic carboxylic acids is 1. The van der Waals surface area contributed by atoms with Crippen LogP contribution in [0.2, 0.25) is 5.02 Å². The van der Waals surface area contributed by atoms with Crippen LogP contribution < -0.4 is 5.32 Å². The topological polar surface area (TPSA) is 67.2 Å². The van der Waals surface area contributed by atoms with Crippen molar-refractivity contribution in [1.82, 2.24) is 9.55 Å². The third kappa shape index (κ3) is 3.72. The quantitative estimate of drug-likeness (QED) is 0.798. The molecule has 0 bridgehead atoms. The standard InChI is InChI=1S/C13H14ClN3O2/c14-11-3-2-10(13(18)19)8-12(11)16-4-1-6-17-7-5-15-9-17/h2-3,5,7-9,16H,1,4,6H2,(H,18,19). The minimum Gasteiger partial charge on any atom is -0.478 e. The molecule has 0 radical (unpaired) electrons. The van der Waals surface area contributed by atoms with Crippen molar-refractivity contribution < 1.29 is 9.90 Å². The fourth-order valence-corrected chi connectivity index (χ4v) is 1.88. The maximum absolute atomic E-state index is 10.9. The zero-order chi connectivity index (χ0) is 13.7. The molecule has 1 aromatic carbocycles. The van der Waals surface area contributed by atoms with Crippen LogP contribution in [0.1, 0.15) is 16.8 Å². The van der Waals surface area contributed by atoms with E-state index in [0.717, 1.165) is 13.0 Å². The van der Waals surface area contributed by atoms with Gasteiger partial charge in [0.05, 0.1) is 22.6 Å². The molecule has 2 rings (SSSR count). The lowest BCUT2D eigenvalue weighted by Crippen LogP contribution is -2.07. The number of nitrogens with one attached hydrogen (secondary N) is 1. The highest BCUT2D eigenvalue weighted by molar-refractivity contribution is 6.33. The summed E-state index contributed by atoms with van der Waals surface area (Å²) in [6, 6.07) is 4.62. The summed E-state index contributed by atoms with van der Waals surface area (Å²) in [5.41, 5.74) is 0.869. The van der Waals surface area contributed by atoms with Gasteiger partial charge in [-0.05, 0) is 24.6 Å². The van der Waals surface area contributed by atoms with Crippen LogP contribution in [0.5, 0.6) is 0 Å². The number of benzene rings is 1. The lowest BCUT2D eigenvalue weighted by molar-refractivity contribution is 0.0697. The van der Waals surface area contributed by atoms with Gasteiger partial charge in [0.2, 0.25) is 0 Å². The molecule has 0 fully saturated rings. The molecule has 0 aliphatic rings. The predicted octanol–water partition coefficient (Wildman–Crippen LogP) is 2.74. The number of aryl methyl sites for hydroxylation is 1. The van der Waals surface area contributed by atoms with Crippen LogP contribution in [-0.4, -0.2) is 27.2 Å². The summed E-state index contributed by atoms with van der Waals surface area (Å²) in [6.07, 6.45) is 6.29. The Morgan fingerprint density at radius 2 is 2.32 bits per heavy atom. The molecule has 19 heavy (non-hydrogen) atoms. The predicted molar refractivity (Wildman–Crippen MR) is 73.7 cm³/mol. The average Bonchev–Trinajstić information content (AvgIpc) is 2.89. The number of rotatable bonds is 6. The summed E-state index contributed by atoms with van der Waals surface area (Å²) < 4.78 is 1.98. The molecule has 0 saturated carbocycles. The fraction of sp³-hybridized carbons (Fsp3) is 0.231. The molecular weight excluding hydrogens is 266 g/mol. The van der Waals surface area contributed by atoms with Crippen molar-refractivity contribution in [2.75, 3.05) is 11.9 Å². The Morgan fingerprint density at radius 1 is 1.47 bits per heavy atom. The van der Waals surface area contributed by atoms with E-state index in [1.54, 1.807) is 24.7 Å². The van der Waals surface area contributed by atoms with Crippen LogP contribution in [-0.2, 0) is 6.54 Å². The smallest absolute Gasteiger partial charge is 0.335 e. The van der Waals surface area contributed by atoms with Crippen molar-refractivity contribution in [3.63, 3.8) is 0 Å². The minimum atomic E-state index is -0.960. The molecule has 2 N–H and O–H groups in total. The van der Waals surface area contributed by atoms with Crippen molar-refractivity contribution in [3.05, 3.63) is 47.5 Å². The van der Waals surface area contributed by atoms with E-state index in [4.69, 9.17) is 16.7 Å². The number of hydrogen-bond donors (Lipinski definition) is 2. The number of halogens is 1. The zero-order valence-corrected chi connectivity index (χ0v) is 11.0. The first-order chi connectivity index (χ1) is 9.16. The van der Waals surface area contributed by atoms with Gasteiger partial charge in [-0.1, -0.05) is 11.6 Å². The van der Waals surface area contributed by atoms with Crippen LogP contribution in [0, 0.1) is 0 Å². The minimum absolute atomic E-state index is 0.224. The molecule has 100 valence electrons. The largest absolute Gasteiger partial charge is 0.478 e. The maximum atomic E-state index is 10.9. The van der Waals surface area contributed by atoms with Crippen LogP contribution >= 0.6 is 11.6 Å². The van der Waals surface area contributed by atoms with Crippen LogP contribution in [0.25, 0.3) is 0 Å². The van der Waals surface area contributed by atoms with Gasteiger partial charge in [0.25, 0.3) is 0 Å². The second-order valence-corrected chi connectivity index (χ2v) is 4.49. The van der Waals surface area contributed by atoms with Gasteiger partial charge in [-0.15, -0.1) is 0 Å². The van der Waals surface area contributed by atoms with E-state index >= 15 is 0 Å². The number of aromatic nitrogens is 2. The summed E-state index contributed by atoms with van der Waals surface area (Å²) in [4.78, 5) is 14.8. The number of carbonyl (C=O) groups is 1. The molecule has 5 nitrogen and oxygen atoms in total. The van der Waals surface area contributed by atoms with Gasteiger partial charge in [0.15, 0.2) is 0 Å². The molecule has 0 saturated heterocycles. The van der Waals surface area contributed by atoms with Crippen LogP contribution in [0.3, 0.4) is 0 Å². The number of imidazole rings is 1. The normalized spacial score (nSPS) is 10.4. The van der Waals surface area contributed by atoms with E-state index in [9.17, 15) is 4.79 Å². The number of anilines is 1. The van der Waals surface area contributed by atoms with Crippen molar-refractivity contribution in [1.29, 1.82) is 0 Å². The van der Waals surface area contributed by atoms with Crippen molar-refractivity contribution >= 4 is 23.3 Å². The first-order valence-corrected chi connectivity index (χ1v) is 6.27. The second kappa shape index (κ2) is 6.24. The summed E-state index contributed by atoms with van der Waals surface area (Å²) in [6.45, 7) is 1.56. The highest BCUT2D eigenvalue weighted by Gasteiger charge is 2.06. The Morgan fingerprint density at radius 3 is 3.00 bits per heavy atom. The summed E-state index contributed by atoms with van der Waals surface area (Å²) in [7, 11) is 0.